The Morgan fingerprint density at radius 2 is 1.95 bits per heavy atom. The van der Waals surface area contributed by atoms with Gasteiger partial charge >= 0.3 is 0 Å². The number of hydrogen-bond acceptors (Lipinski definition) is 6. The highest BCUT2D eigenvalue weighted by Crippen LogP contribution is 2.18. The van der Waals surface area contributed by atoms with Crippen LogP contribution < -0.4 is 15.8 Å². The summed E-state index contributed by atoms with van der Waals surface area (Å²) in [6.45, 7) is 11.5. The van der Waals surface area contributed by atoms with E-state index in [0.29, 0.717) is 11.9 Å². The number of carbonyl (C=O) groups excluding carboxylic acids is 1. The second-order valence-corrected chi connectivity index (χ2v) is 6.62. The molecule has 0 saturated heterocycles. The van der Waals surface area contributed by atoms with Gasteiger partial charge in [0.1, 0.15) is 0 Å². The number of amides is 1. The zero-order chi connectivity index (χ0) is 16.9. The van der Waals surface area contributed by atoms with E-state index >= 15 is 0 Å². The van der Waals surface area contributed by atoms with Crippen LogP contribution in [0.25, 0.3) is 0 Å². The van der Waals surface area contributed by atoms with Crippen LogP contribution in [-0.4, -0.2) is 32.4 Å². The van der Waals surface area contributed by atoms with Crippen LogP contribution in [0.2, 0.25) is 5.28 Å². The van der Waals surface area contributed by atoms with Gasteiger partial charge < -0.3 is 5.32 Å². The van der Waals surface area contributed by atoms with Crippen molar-refractivity contribution in [1.82, 2.24) is 20.4 Å². The fourth-order valence-corrected chi connectivity index (χ4v) is 2.07. The lowest BCUT2D eigenvalue weighted by Gasteiger charge is -2.29. The van der Waals surface area contributed by atoms with Crippen molar-refractivity contribution in [3.05, 3.63) is 5.28 Å². The van der Waals surface area contributed by atoms with Gasteiger partial charge in [0.15, 0.2) is 0 Å². The first-order valence-corrected chi connectivity index (χ1v) is 7.76. The molecule has 8 heteroatoms. The van der Waals surface area contributed by atoms with Gasteiger partial charge in [0.2, 0.25) is 17.1 Å². The second-order valence-electron chi connectivity index (χ2n) is 6.28. The quantitative estimate of drug-likeness (QED) is 0.781. The number of carbonyl (C=O) groups is 1. The van der Waals surface area contributed by atoms with Gasteiger partial charge in [-0.2, -0.15) is 15.0 Å². The molecule has 7 nitrogen and oxygen atoms in total. The van der Waals surface area contributed by atoms with Crippen LogP contribution in [0, 0.1) is 0 Å². The van der Waals surface area contributed by atoms with Crippen LogP contribution in [0.4, 0.5) is 11.9 Å². The lowest BCUT2D eigenvalue weighted by molar-refractivity contribution is -0.119. The van der Waals surface area contributed by atoms with Crippen molar-refractivity contribution in [3.8, 4) is 0 Å². The van der Waals surface area contributed by atoms with E-state index in [4.69, 9.17) is 11.6 Å². The van der Waals surface area contributed by atoms with E-state index in [9.17, 15) is 4.79 Å². The number of halogens is 1. The van der Waals surface area contributed by atoms with E-state index in [2.05, 4.69) is 32.6 Å². The molecule has 1 aromatic rings. The van der Waals surface area contributed by atoms with Crippen LogP contribution in [0.1, 0.15) is 54.4 Å². The summed E-state index contributed by atoms with van der Waals surface area (Å²) in [6.07, 6.45) is 1.86. The Kier molecular flexibility index (Phi) is 6.34. The number of nitrogens with one attached hydrogen (secondary N) is 2. The van der Waals surface area contributed by atoms with Crippen molar-refractivity contribution in [2.45, 2.75) is 66.0 Å². The molecular weight excluding hydrogens is 304 g/mol. The fraction of sp³-hybridized carbons (Fsp3) is 0.714. The standard InChI is InChI=1S/C14H25ClN6O/c1-7-8-9(2)21(20-10(3)22)13-17-11(15)16-12(18-13)19-14(4,5)6/h9H,7-8H2,1-6H3,(H,20,22)(H,16,17,18,19). The van der Waals surface area contributed by atoms with E-state index in [1.54, 1.807) is 5.01 Å². The molecule has 22 heavy (non-hydrogen) atoms. The molecule has 0 fully saturated rings. The molecule has 1 aromatic heterocycles. The molecule has 0 aromatic carbocycles. The smallest absolute Gasteiger partial charge is 0.250 e. The zero-order valence-electron chi connectivity index (χ0n) is 14.1. The number of hydrazine groups is 1. The molecule has 0 aliphatic rings. The normalized spacial score (nSPS) is 12.7. The maximum Gasteiger partial charge on any atom is 0.250 e. The summed E-state index contributed by atoms with van der Waals surface area (Å²) in [5, 5.41) is 4.87. The molecule has 0 saturated carbocycles. The molecule has 1 heterocycles. The molecule has 1 rings (SSSR count). The van der Waals surface area contributed by atoms with Gasteiger partial charge in [-0.25, -0.2) is 5.01 Å². The lowest BCUT2D eigenvalue weighted by Crippen LogP contribution is -2.48. The van der Waals surface area contributed by atoms with Gasteiger partial charge in [-0.1, -0.05) is 13.3 Å². The summed E-state index contributed by atoms with van der Waals surface area (Å²) in [5.74, 6) is 0.509. The Balaban J connectivity index is 3.15. The predicted octanol–water partition coefficient (Wildman–Crippen LogP) is 2.78. The molecule has 1 amide bonds. The highest BCUT2D eigenvalue weighted by atomic mass is 35.5. The molecule has 1 atom stereocenters. The summed E-state index contributed by atoms with van der Waals surface area (Å²) in [6, 6.07) is 0.0369. The number of aromatic nitrogens is 3. The molecular formula is C14H25ClN6O. The summed E-state index contributed by atoms with van der Waals surface area (Å²) in [7, 11) is 0. The van der Waals surface area contributed by atoms with Crippen LogP contribution in [0.5, 0.6) is 0 Å². The summed E-state index contributed by atoms with van der Waals surface area (Å²) in [4.78, 5) is 24.0. The number of hydrogen-bond donors (Lipinski definition) is 2. The summed E-state index contributed by atoms with van der Waals surface area (Å²) < 4.78 is 0. The highest BCUT2D eigenvalue weighted by molar-refractivity contribution is 6.28. The van der Waals surface area contributed by atoms with Crippen molar-refractivity contribution >= 4 is 29.4 Å². The van der Waals surface area contributed by atoms with Crippen molar-refractivity contribution in [1.29, 1.82) is 0 Å². The average Bonchev–Trinajstić information content (AvgIpc) is 2.32. The monoisotopic (exact) mass is 328 g/mol. The van der Waals surface area contributed by atoms with Crippen LogP contribution >= 0.6 is 11.6 Å². The van der Waals surface area contributed by atoms with E-state index in [0.717, 1.165) is 12.8 Å². The SMILES string of the molecule is CCCC(C)N(NC(C)=O)c1nc(Cl)nc(NC(C)(C)C)n1. The first-order chi connectivity index (χ1) is 10.1. The van der Waals surface area contributed by atoms with Crippen molar-refractivity contribution in [2.75, 3.05) is 10.3 Å². The average molecular weight is 329 g/mol. The Labute approximate surface area is 136 Å². The lowest BCUT2D eigenvalue weighted by atomic mass is 10.1. The van der Waals surface area contributed by atoms with E-state index in [1.807, 2.05) is 27.7 Å². The van der Waals surface area contributed by atoms with Crippen LogP contribution in [0.3, 0.4) is 0 Å². The van der Waals surface area contributed by atoms with Gasteiger partial charge in [-0.3, -0.25) is 10.2 Å². The third kappa shape index (κ3) is 6.01. The molecule has 0 aliphatic heterocycles. The van der Waals surface area contributed by atoms with Crippen molar-refractivity contribution in [3.63, 3.8) is 0 Å². The van der Waals surface area contributed by atoms with Gasteiger partial charge in [-0.15, -0.1) is 0 Å². The Bertz CT molecular complexity index is 517. The molecule has 0 radical (unpaired) electrons. The molecule has 1 unspecified atom stereocenters. The maximum atomic E-state index is 11.5. The highest BCUT2D eigenvalue weighted by Gasteiger charge is 2.21. The third-order valence-corrected chi connectivity index (χ3v) is 2.89. The van der Waals surface area contributed by atoms with E-state index in [1.165, 1.54) is 6.92 Å². The van der Waals surface area contributed by atoms with Gasteiger partial charge in [0.25, 0.3) is 5.95 Å². The summed E-state index contributed by atoms with van der Waals surface area (Å²) in [5.41, 5.74) is 2.54. The minimum Gasteiger partial charge on any atom is -0.349 e. The number of anilines is 2. The molecule has 2 N–H and O–H groups in total. The van der Waals surface area contributed by atoms with Gasteiger partial charge in [0, 0.05) is 12.5 Å². The predicted molar refractivity (Wildman–Crippen MR) is 88.9 cm³/mol. The first kappa shape index (κ1) is 18.4. The van der Waals surface area contributed by atoms with Crippen LogP contribution in [-0.2, 0) is 4.79 Å². The van der Waals surface area contributed by atoms with E-state index < -0.39 is 0 Å². The Hall–Kier alpha value is -1.63. The fourth-order valence-electron chi connectivity index (χ4n) is 1.91. The Morgan fingerprint density at radius 3 is 2.45 bits per heavy atom. The van der Waals surface area contributed by atoms with Gasteiger partial charge in [0.05, 0.1) is 6.04 Å². The van der Waals surface area contributed by atoms with Crippen molar-refractivity contribution in [2.24, 2.45) is 0 Å². The summed E-state index contributed by atoms with van der Waals surface area (Å²) >= 11 is 6.00. The molecule has 0 aliphatic carbocycles. The maximum absolute atomic E-state index is 11.5. The van der Waals surface area contributed by atoms with Crippen LogP contribution in [0.15, 0.2) is 0 Å². The minimum atomic E-state index is -0.212. The molecule has 124 valence electrons. The Morgan fingerprint density at radius 1 is 1.32 bits per heavy atom. The topological polar surface area (TPSA) is 83.0 Å². The van der Waals surface area contributed by atoms with E-state index in [-0.39, 0.29) is 22.8 Å². The van der Waals surface area contributed by atoms with Crippen molar-refractivity contribution < 1.29 is 4.79 Å². The number of rotatable bonds is 6. The minimum absolute atomic E-state index is 0.0369. The molecule has 0 bridgehead atoms. The second kappa shape index (κ2) is 7.58. The number of nitrogens with zero attached hydrogens (tertiary/aromatic N) is 4. The third-order valence-electron chi connectivity index (χ3n) is 2.72. The largest absolute Gasteiger partial charge is 0.349 e. The molecule has 0 spiro atoms. The zero-order valence-corrected chi connectivity index (χ0v) is 14.8. The first-order valence-electron chi connectivity index (χ1n) is 7.38. The van der Waals surface area contributed by atoms with Gasteiger partial charge in [-0.05, 0) is 45.7 Å².